The van der Waals surface area contributed by atoms with Gasteiger partial charge in [0, 0.05) is 24.6 Å². The van der Waals surface area contributed by atoms with E-state index in [0.29, 0.717) is 18.0 Å². The Morgan fingerprint density at radius 1 is 1.38 bits per heavy atom. The van der Waals surface area contributed by atoms with Gasteiger partial charge in [0.15, 0.2) is 0 Å². The van der Waals surface area contributed by atoms with Gasteiger partial charge in [-0.2, -0.15) is 0 Å². The molecule has 1 atom stereocenters. The average molecular weight is 325 g/mol. The van der Waals surface area contributed by atoms with Crippen molar-refractivity contribution in [2.75, 3.05) is 7.05 Å². The summed E-state index contributed by atoms with van der Waals surface area (Å²) in [7, 11) is 1.75. The van der Waals surface area contributed by atoms with Gasteiger partial charge in [-0.1, -0.05) is 23.4 Å². The maximum atomic E-state index is 12.5. The summed E-state index contributed by atoms with van der Waals surface area (Å²) in [6, 6.07) is 9.07. The molecule has 1 unspecified atom stereocenters. The number of rotatable bonds is 5. The van der Waals surface area contributed by atoms with Crippen LogP contribution in [-0.2, 0) is 11.3 Å². The van der Waals surface area contributed by atoms with E-state index in [1.54, 1.807) is 18.0 Å². The van der Waals surface area contributed by atoms with E-state index in [-0.39, 0.29) is 24.3 Å². The molecule has 2 aliphatic rings. The molecule has 1 fully saturated rings. The molecule has 124 valence electrons. The lowest BCUT2D eigenvalue weighted by Crippen LogP contribution is -2.30. The van der Waals surface area contributed by atoms with Crippen LogP contribution >= 0.6 is 0 Å². The first kappa shape index (κ1) is 14.9. The van der Waals surface area contributed by atoms with Gasteiger partial charge in [0.1, 0.15) is 11.5 Å². The third kappa shape index (κ3) is 2.79. The molecule has 0 bridgehead atoms. The Labute approximate surface area is 139 Å². The number of aromatic nitrogens is 1. The lowest BCUT2D eigenvalue weighted by atomic mass is 10.0. The van der Waals surface area contributed by atoms with Gasteiger partial charge in [0.2, 0.25) is 5.91 Å². The molecule has 0 spiro atoms. The average Bonchev–Trinajstić information content (AvgIpc) is 3.25. The number of carbonyl (C=O) groups is 2. The van der Waals surface area contributed by atoms with Crippen molar-refractivity contribution < 1.29 is 14.1 Å². The molecular weight excluding hydrogens is 306 g/mol. The summed E-state index contributed by atoms with van der Waals surface area (Å²) in [5.41, 5.74) is 2.31. The van der Waals surface area contributed by atoms with Crippen molar-refractivity contribution in [3.8, 4) is 0 Å². The van der Waals surface area contributed by atoms with Gasteiger partial charge in [-0.05, 0) is 24.5 Å². The van der Waals surface area contributed by atoms with E-state index in [1.165, 1.54) is 0 Å². The number of amides is 2. The quantitative estimate of drug-likeness (QED) is 0.916. The molecule has 1 aliphatic heterocycles. The fraction of sp³-hybridized carbons (Fsp3) is 0.389. The standard InChI is InChI=1S/C18H19N3O3/c1-21(10-12-8-16(24-20-12)11-6-7-11)17(22)9-15-13-4-2-3-5-14(13)18(23)19-15/h2-5,8,11,15H,6-7,9-10H2,1H3,(H,19,23). The number of hydrogen-bond donors (Lipinski definition) is 1. The summed E-state index contributed by atoms with van der Waals surface area (Å²) in [5, 5.41) is 6.92. The first-order valence-electron chi connectivity index (χ1n) is 8.21. The van der Waals surface area contributed by atoms with Crippen molar-refractivity contribution >= 4 is 11.8 Å². The van der Waals surface area contributed by atoms with E-state index in [4.69, 9.17) is 4.52 Å². The second-order valence-electron chi connectivity index (χ2n) is 6.56. The number of fused-ring (bicyclic) bond motifs is 1. The smallest absolute Gasteiger partial charge is 0.252 e. The fourth-order valence-electron chi connectivity index (χ4n) is 3.11. The van der Waals surface area contributed by atoms with Crippen molar-refractivity contribution in [2.45, 2.75) is 37.8 Å². The SMILES string of the molecule is CN(Cc1cc(C2CC2)on1)C(=O)CC1NC(=O)c2ccccc21. The summed E-state index contributed by atoms with van der Waals surface area (Å²) in [6.07, 6.45) is 2.56. The van der Waals surface area contributed by atoms with E-state index in [9.17, 15) is 9.59 Å². The molecule has 1 saturated carbocycles. The second-order valence-corrected chi connectivity index (χ2v) is 6.56. The van der Waals surface area contributed by atoms with E-state index in [1.807, 2.05) is 24.3 Å². The highest BCUT2D eigenvalue weighted by molar-refractivity contribution is 5.99. The topological polar surface area (TPSA) is 75.4 Å². The normalized spacial score (nSPS) is 19.0. The minimum atomic E-state index is -0.261. The molecule has 0 saturated heterocycles. The number of hydrogen-bond acceptors (Lipinski definition) is 4. The van der Waals surface area contributed by atoms with Gasteiger partial charge < -0.3 is 14.7 Å². The van der Waals surface area contributed by atoms with Crippen LogP contribution in [0.15, 0.2) is 34.9 Å². The Morgan fingerprint density at radius 2 is 2.17 bits per heavy atom. The maximum absolute atomic E-state index is 12.5. The summed E-state index contributed by atoms with van der Waals surface area (Å²) in [5.74, 6) is 1.28. The van der Waals surface area contributed by atoms with E-state index in [2.05, 4.69) is 10.5 Å². The minimum absolute atomic E-state index is 0.0343. The summed E-state index contributed by atoms with van der Waals surface area (Å²) in [6.45, 7) is 0.414. The number of benzene rings is 1. The van der Waals surface area contributed by atoms with Crippen molar-refractivity contribution in [1.29, 1.82) is 0 Å². The van der Waals surface area contributed by atoms with Crippen molar-refractivity contribution in [3.63, 3.8) is 0 Å². The van der Waals surface area contributed by atoms with Crippen LogP contribution in [0.2, 0.25) is 0 Å². The molecule has 1 aromatic heterocycles. The summed E-state index contributed by atoms with van der Waals surface area (Å²) >= 11 is 0. The highest BCUT2D eigenvalue weighted by Gasteiger charge is 2.31. The van der Waals surface area contributed by atoms with Gasteiger partial charge >= 0.3 is 0 Å². The summed E-state index contributed by atoms with van der Waals surface area (Å²) in [4.78, 5) is 26.0. The Balaban J connectivity index is 1.39. The van der Waals surface area contributed by atoms with E-state index < -0.39 is 0 Å². The Hall–Kier alpha value is -2.63. The predicted octanol–water partition coefficient (Wildman–Crippen LogP) is 2.39. The molecular formula is C18H19N3O3. The van der Waals surface area contributed by atoms with Crippen LogP contribution in [0.1, 0.15) is 58.6 Å². The van der Waals surface area contributed by atoms with Crippen LogP contribution < -0.4 is 5.32 Å². The first-order chi connectivity index (χ1) is 11.6. The van der Waals surface area contributed by atoms with Gasteiger partial charge in [-0.3, -0.25) is 9.59 Å². The third-order valence-electron chi connectivity index (χ3n) is 4.65. The largest absolute Gasteiger partial charge is 0.361 e. The lowest BCUT2D eigenvalue weighted by molar-refractivity contribution is -0.131. The molecule has 1 aliphatic carbocycles. The molecule has 2 aromatic rings. The van der Waals surface area contributed by atoms with E-state index in [0.717, 1.165) is 29.9 Å². The van der Waals surface area contributed by atoms with Gasteiger partial charge in [0.25, 0.3) is 5.91 Å². The molecule has 6 nitrogen and oxygen atoms in total. The van der Waals surface area contributed by atoms with Gasteiger partial charge in [0.05, 0.1) is 19.0 Å². The second kappa shape index (κ2) is 5.78. The first-order valence-corrected chi connectivity index (χ1v) is 8.21. The van der Waals surface area contributed by atoms with Crippen LogP contribution in [0.4, 0.5) is 0 Å². The number of nitrogens with one attached hydrogen (secondary N) is 1. The Kier molecular flexibility index (Phi) is 3.59. The number of nitrogens with zero attached hydrogens (tertiary/aromatic N) is 2. The molecule has 1 aromatic carbocycles. The van der Waals surface area contributed by atoms with Crippen LogP contribution in [0, 0.1) is 0 Å². The summed E-state index contributed by atoms with van der Waals surface area (Å²) < 4.78 is 5.32. The molecule has 6 heteroatoms. The van der Waals surface area contributed by atoms with Crippen LogP contribution in [0.5, 0.6) is 0 Å². The molecule has 1 N–H and O–H groups in total. The van der Waals surface area contributed by atoms with Crippen LogP contribution in [0.3, 0.4) is 0 Å². The van der Waals surface area contributed by atoms with Crippen molar-refractivity contribution in [2.24, 2.45) is 0 Å². The van der Waals surface area contributed by atoms with E-state index >= 15 is 0 Å². The van der Waals surface area contributed by atoms with Crippen LogP contribution in [-0.4, -0.2) is 28.9 Å². The van der Waals surface area contributed by atoms with Gasteiger partial charge in [-0.25, -0.2) is 0 Å². The van der Waals surface area contributed by atoms with Crippen molar-refractivity contribution in [3.05, 3.63) is 52.9 Å². The Bertz CT molecular complexity index is 794. The van der Waals surface area contributed by atoms with Crippen molar-refractivity contribution in [1.82, 2.24) is 15.4 Å². The zero-order chi connectivity index (χ0) is 16.7. The third-order valence-corrected chi connectivity index (χ3v) is 4.65. The fourth-order valence-corrected chi connectivity index (χ4v) is 3.11. The molecule has 2 amide bonds. The lowest BCUT2D eigenvalue weighted by Gasteiger charge is -2.18. The van der Waals surface area contributed by atoms with Crippen LogP contribution in [0.25, 0.3) is 0 Å². The monoisotopic (exact) mass is 325 g/mol. The molecule has 4 rings (SSSR count). The van der Waals surface area contributed by atoms with Gasteiger partial charge in [-0.15, -0.1) is 0 Å². The minimum Gasteiger partial charge on any atom is -0.361 e. The zero-order valence-electron chi connectivity index (χ0n) is 13.5. The highest BCUT2D eigenvalue weighted by atomic mass is 16.5. The zero-order valence-corrected chi connectivity index (χ0v) is 13.5. The maximum Gasteiger partial charge on any atom is 0.252 e. The number of carbonyl (C=O) groups excluding carboxylic acids is 2. The molecule has 2 heterocycles. The molecule has 0 radical (unpaired) electrons. The molecule has 24 heavy (non-hydrogen) atoms. The predicted molar refractivity (Wildman–Crippen MR) is 86.2 cm³/mol. The Morgan fingerprint density at radius 3 is 2.96 bits per heavy atom. The highest BCUT2D eigenvalue weighted by Crippen LogP contribution is 2.40.